The fraction of sp³-hybridized carbons (Fsp3) is 0.917. The molecule has 0 aliphatic rings. The van der Waals surface area contributed by atoms with Crippen molar-refractivity contribution in [2.24, 2.45) is 5.92 Å². The SMILES string of the molecule is CCOC(=O)C(CC)NC(C)CC(C)C. The molecule has 3 nitrogen and oxygen atoms in total. The summed E-state index contributed by atoms with van der Waals surface area (Å²) < 4.78 is 5.00. The molecule has 0 fully saturated rings. The molecule has 0 heterocycles. The Hall–Kier alpha value is -0.570. The Labute approximate surface area is 93.6 Å². The minimum Gasteiger partial charge on any atom is -0.465 e. The van der Waals surface area contributed by atoms with E-state index in [0.29, 0.717) is 18.6 Å². The highest BCUT2D eigenvalue weighted by molar-refractivity contribution is 5.75. The number of ether oxygens (including phenoxy) is 1. The molecular formula is C12H25NO2. The van der Waals surface area contributed by atoms with Crippen LogP contribution in [0.1, 0.15) is 47.5 Å². The third-order valence-electron chi connectivity index (χ3n) is 2.29. The zero-order valence-corrected chi connectivity index (χ0v) is 10.7. The van der Waals surface area contributed by atoms with Crippen molar-refractivity contribution in [3.8, 4) is 0 Å². The molecule has 0 aliphatic carbocycles. The van der Waals surface area contributed by atoms with Crippen LogP contribution in [0.5, 0.6) is 0 Å². The molecule has 0 aromatic rings. The zero-order chi connectivity index (χ0) is 11.8. The van der Waals surface area contributed by atoms with Crippen molar-refractivity contribution in [3.05, 3.63) is 0 Å². The van der Waals surface area contributed by atoms with Gasteiger partial charge in [-0.15, -0.1) is 0 Å². The van der Waals surface area contributed by atoms with Crippen molar-refractivity contribution in [1.29, 1.82) is 0 Å². The smallest absolute Gasteiger partial charge is 0.323 e. The van der Waals surface area contributed by atoms with Gasteiger partial charge in [0.15, 0.2) is 0 Å². The van der Waals surface area contributed by atoms with Gasteiger partial charge in [-0.1, -0.05) is 20.8 Å². The lowest BCUT2D eigenvalue weighted by Crippen LogP contribution is -2.43. The molecule has 2 atom stereocenters. The summed E-state index contributed by atoms with van der Waals surface area (Å²) in [5, 5.41) is 3.31. The molecule has 0 aliphatic heterocycles. The van der Waals surface area contributed by atoms with Crippen molar-refractivity contribution in [1.82, 2.24) is 5.32 Å². The predicted molar refractivity (Wildman–Crippen MR) is 62.8 cm³/mol. The highest BCUT2D eigenvalue weighted by Gasteiger charge is 2.19. The zero-order valence-electron chi connectivity index (χ0n) is 10.7. The van der Waals surface area contributed by atoms with E-state index < -0.39 is 0 Å². The van der Waals surface area contributed by atoms with Crippen molar-refractivity contribution >= 4 is 5.97 Å². The average Bonchev–Trinajstić information content (AvgIpc) is 2.13. The van der Waals surface area contributed by atoms with Crippen LogP contribution in [0.4, 0.5) is 0 Å². The highest BCUT2D eigenvalue weighted by atomic mass is 16.5. The summed E-state index contributed by atoms with van der Waals surface area (Å²) in [7, 11) is 0. The van der Waals surface area contributed by atoms with Gasteiger partial charge in [0.1, 0.15) is 6.04 Å². The van der Waals surface area contributed by atoms with Gasteiger partial charge in [-0.2, -0.15) is 0 Å². The second kappa shape index (κ2) is 7.69. The standard InChI is InChI=1S/C12H25NO2/c1-6-11(12(14)15-7-2)13-10(5)8-9(3)4/h9-11,13H,6-8H2,1-5H3. The minimum absolute atomic E-state index is 0.129. The van der Waals surface area contributed by atoms with Crippen LogP contribution in [0.3, 0.4) is 0 Å². The second-order valence-corrected chi connectivity index (χ2v) is 4.41. The monoisotopic (exact) mass is 215 g/mol. The van der Waals surface area contributed by atoms with Crippen LogP contribution in [0.15, 0.2) is 0 Å². The van der Waals surface area contributed by atoms with Crippen LogP contribution in [0.2, 0.25) is 0 Å². The molecule has 0 radical (unpaired) electrons. The summed E-state index contributed by atoms with van der Waals surface area (Å²) in [6.45, 7) is 10.8. The predicted octanol–water partition coefficient (Wildman–Crippen LogP) is 2.35. The molecule has 1 N–H and O–H groups in total. The molecule has 15 heavy (non-hydrogen) atoms. The molecule has 2 unspecified atom stereocenters. The number of hydrogen-bond donors (Lipinski definition) is 1. The van der Waals surface area contributed by atoms with Crippen LogP contribution in [-0.4, -0.2) is 24.7 Å². The van der Waals surface area contributed by atoms with E-state index in [-0.39, 0.29) is 12.0 Å². The van der Waals surface area contributed by atoms with Crippen molar-refractivity contribution in [2.75, 3.05) is 6.61 Å². The summed E-state index contributed by atoms with van der Waals surface area (Å²) in [4.78, 5) is 11.5. The Kier molecular flexibility index (Phi) is 7.39. The summed E-state index contributed by atoms with van der Waals surface area (Å²) in [6, 6.07) is 0.207. The van der Waals surface area contributed by atoms with E-state index in [0.717, 1.165) is 12.8 Å². The molecule has 0 aromatic heterocycles. The van der Waals surface area contributed by atoms with E-state index in [4.69, 9.17) is 4.74 Å². The molecule has 90 valence electrons. The quantitative estimate of drug-likeness (QED) is 0.662. The van der Waals surface area contributed by atoms with Crippen LogP contribution >= 0.6 is 0 Å². The van der Waals surface area contributed by atoms with Crippen molar-refractivity contribution < 1.29 is 9.53 Å². The molecule has 0 spiro atoms. The van der Waals surface area contributed by atoms with Gasteiger partial charge in [-0.25, -0.2) is 0 Å². The Morgan fingerprint density at radius 2 is 1.87 bits per heavy atom. The summed E-state index contributed by atoms with van der Waals surface area (Å²) in [6.07, 6.45) is 1.86. The van der Waals surface area contributed by atoms with Gasteiger partial charge >= 0.3 is 5.97 Å². The fourth-order valence-corrected chi connectivity index (χ4v) is 1.71. The first-order valence-electron chi connectivity index (χ1n) is 5.93. The lowest BCUT2D eigenvalue weighted by molar-refractivity contribution is -0.146. The molecule has 0 bridgehead atoms. The largest absolute Gasteiger partial charge is 0.465 e. The van der Waals surface area contributed by atoms with E-state index in [1.54, 1.807) is 0 Å². The third kappa shape index (κ3) is 6.50. The highest BCUT2D eigenvalue weighted by Crippen LogP contribution is 2.06. The fourth-order valence-electron chi connectivity index (χ4n) is 1.71. The Morgan fingerprint density at radius 1 is 1.27 bits per heavy atom. The van der Waals surface area contributed by atoms with Crippen LogP contribution < -0.4 is 5.32 Å². The number of rotatable bonds is 7. The first-order valence-corrected chi connectivity index (χ1v) is 5.93. The van der Waals surface area contributed by atoms with Gasteiger partial charge in [-0.3, -0.25) is 4.79 Å². The molecule has 3 heteroatoms. The van der Waals surface area contributed by atoms with E-state index >= 15 is 0 Å². The minimum atomic E-state index is -0.154. The Bertz CT molecular complexity index is 180. The number of hydrogen-bond acceptors (Lipinski definition) is 3. The van der Waals surface area contributed by atoms with Crippen molar-refractivity contribution in [2.45, 2.75) is 59.5 Å². The molecule has 0 saturated heterocycles. The third-order valence-corrected chi connectivity index (χ3v) is 2.29. The van der Waals surface area contributed by atoms with Crippen LogP contribution in [0.25, 0.3) is 0 Å². The van der Waals surface area contributed by atoms with E-state index in [9.17, 15) is 4.79 Å². The lowest BCUT2D eigenvalue weighted by Gasteiger charge is -2.22. The van der Waals surface area contributed by atoms with Gasteiger partial charge in [0.05, 0.1) is 6.61 Å². The van der Waals surface area contributed by atoms with E-state index in [2.05, 4.69) is 26.1 Å². The molecular weight excluding hydrogens is 190 g/mol. The van der Waals surface area contributed by atoms with Crippen molar-refractivity contribution in [3.63, 3.8) is 0 Å². The Balaban J connectivity index is 4.02. The first kappa shape index (κ1) is 14.4. The van der Waals surface area contributed by atoms with Gasteiger partial charge in [0.2, 0.25) is 0 Å². The normalized spacial score (nSPS) is 15.1. The first-order chi connectivity index (χ1) is 7.01. The number of nitrogens with one attached hydrogen (secondary N) is 1. The number of carbonyl (C=O) groups excluding carboxylic acids is 1. The second-order valence-electron chi connectivity index (χ2n) is 4.41. The van der Waals surface area contributed by atoms with E-state index in [1.165, 1.54) is 0 Å². The summed E-state index contributed by atoms with van der Waals surface area (Å²) in [5.41, 5.74) is 0. The van der Waals surface area contributed by atoms with Gasteiger partial charge in [0, 0.05) is 6.04 Å². The molecule has 0 aromatic carbocycles. The van der Waals surface area contributed by atoms with Gasteiger partial charge in [0.25, 0.3) is 0 Å². The van der Waals surface area contributed by atoms with Crippen LogP contribution in [-0.2, 0) is 9.53 Å². The molecule has 0 amide bonds. The lowest BCUT2D eigenvalue weighted by atomic mass is 10.0. The Morgan fingerprint density at radius 3 is 2.27 bits per heavy atom. The van der Waals surface area contributed by atoms with Crippen LogP contribution in [0, 0.1) is 5.92 Å². The molecule has 0 rings (SSSR count). The number of carbonyl (C=O) groups is 1. The number of esters is 1. The van der Waals surface area contributed by atoms with Gasteiger partial charge in [-0.05, 0) is 32.6 Å². The molecule has 0 saturated carbocycles. The summed E-state index contributed by atoms with van der Waals surface area (Å²) >= 11 is 0. The average molecular weight is 215 g/mol. The topological polar surface area (TPSA) is 38.3 Å². The maximum atomic E-state index is 11.5. The maximum absolute atomic E-state index is 11.5. The summed E-state index contributed by atoms with van der Waals surface area (Å²) in [5.74, 6) is 0.516. The van der Waals surface area contributed by atoms with Gasteiger partial charge < -0.3 is 10.1 Å². The van der Waals surface area contributed by atoms with E-state index in [1.807, 2.05) is 13.8 Å². The maximum Gasteiger partial charge on any atom is 0.323 e.